The Hall–Kier alpha value is -3.86. The number of halogens is 1. The fraction of sp³-hybridized carbons (Fsp3) is 0.240. The second-order valence-electron chi connectivity index (χ2n) is 8.61. The van der Waals surface area contributed by atoms with Crippen LogP contribution in [0.5, 0.6) is 0 Å². The number of aromatic nitrogens is 2. The van der Waals surface area contributed by atoms with E-state index in [1.165, 1.54) is 20.0 Å². The Morgan fingerprint density at radius 3 is 2.56 bits per heavy atom. The maximum atomic E-state index is 13.4. The minimum absolute atomic E-state index is 0.0819. The van der Waals surface area contributed by atoms with E-state index < -0.39 is 5.91 Å². The van der Waals surface area contributed by atoms with Crippen LogP contribution in [0.15, 0.2) is 66.5 Å². The lowest BCUT2D eigenvalue weighted by molar-refractivity contribution is 0.102. The van der Waals surface area contributed by atoms with Gasteiger partial charge in [0.2, 0.25) is 5.95 Å². The number of hydrazine groups is 1. The number of likely N-dealkylation sites (N-methyl/N-ethyl adjacent to an activating group) is 1. The van der Waals surface area contributed by atoms with Gasteiger partial charge in [-0.05, 0) is 49.1 Å². The fourth-order valence-electron chi connectivity index (χ4n) is 4.04. The Bertz CT molecular complexity index is 1280. The molecule has 186 valence electrons. The number of nitrogens with one attached hydrogen (secondary N) is 5. The summed E-state index contributed by atoms with van der Waals surface area (Å²) in [4.78, 5) is 27.7. The van der Waals surface area contributed by atoms with Crippen molar-refractivity contribution in [1.29, 1.82) is 0 Å². The highest BCUT2D eigenvalue weighted by Gasteiger charge is 2.36. The van der Waals surface area contributed by atoms with Crippen LogP contribution in [0, 0.1) is 5.92 Å². The van der Waals surface area contributed by atoms with Crippen molar-refractivity contribution in [2.24, 2.45) is 5.92 Å². The van der Waals surface area contributed by atoms with Crippen LogP contribution >= 0.6 is 11.6 Å². The first-order valence-electron chi connectivity index (χ1n) is 11.6. The van der Waals surface area contributed by atoms with E-state index in [1.54, 1.807) is 24.3 Å². The Morgan fingerprint density at radius 2 is 1.83 bits per heavy atom. The van der Waals surface area contributed by atoms with E-state index in [0.717, 1.165) is 5.82 Å². The van der Waals surface area contributed by atoms with Gasteiger partial charge < -0.3 is 21.4 Å². The van der Waals surface area contributed by atoms with Crippen molar-refractivity contribution in [3.63, 3.8) is 0 Å². The molecule has 1 aliphatic carbocycles. The predicted octanol–water partition coefficient (Wildman–Crippen LogP) is 4.58. The standard InChI is InChI=1S/C25H27ClN8O2/c1-34-19(15-12-13-15)14-20(32-34)29-23-21(33-36-2)22(24(35)27-16-8-4-3-5-9-16)30-25(31-23)28-18-11-7-6-10-17(18)26/h3-11,14-15,19,32-33H,12-13H2,1-2H3,(H,27,35)(H2,28,29,30,31). The molecule has 1 fully saturated rings. The van der Waals surface area contributed by atoms with Gasteiger partial charge in [0.1, 0.15) is 11.5 Å². The summed E-state index contributed by atoms with van der Waals surface area (Å²) < 4.78 is 0. The Labute approximate surface area is 214 Å². The van der Waals surface area contributed by atoms with Crippen LogP contribution in [0.2, 0.25) is 5.02 Å². The fourth-order valence-corrected chi connectivity index (χ4v) is 4.22. The van der Waals surface area contributed by atoms with E-state index in [9.17, 15) is 4.79 Å². The zero-order valence-corrected chi connectivity index (χ0v) is 20.6. The molecular formula is C25H27ClN8O2. The zero-order chi connectivity index (χ0) is 25.1. The van der Waals surface area contributed by atoms with E-state index in [0.29, 0.717) is 28.1 Å². The van der Waals surface area contributed by atoms with E-state index in [4.69, 9.17) is 16.4 Å². The normalized spacial score (nSPS) is 17.2. The summed E-state index contributed by atoms with van der Waals surface area (Å²) in [6.07, 6.45) is 4.54. The third kappa shape index (κ3) is 5.35. The Balaban J connectivity index is 1.52. The van der Waals surface area contributed by atoms with Crippen LogP contribution < -0.4 is 26.9 Å². The number of benzene rings is 2. The lowest BCUT2D eigenvalue weighted by Crippen LogP contribution is -2.36. The molecule has 1 aromatic heterocycles. The van der Waals surface area contributed by atoms with Gasteiger partial charge >= 0.3 is 0 Å². The van der Waals surface area contributed by atoms with Crippen LogP contribution in [-0.4, -0.2) is 41.1 Å². The molecule has 0 radical (unpaired) electrons. The second kappa shape index (κ2) is 10.4. The van der Waals surface area contributed by atoms with Crippen molar-refractivity contribution in [1.82, 2.24) is 20.4 Å². The molecule has 1 atom stereocenters. The highest BCUT2D eigenvalue weighted by Crippen LogP contribution is 2.38. The minimum atomic E-state index is -0.435. The number of rotatable bonds is 9. The number of para-hydroxylation sites is 2. The van der Waals surface area contributed by atoms with Crippen molar-refractivity contribution in [3.05, 3.63) is 77.2 Å². The molecule has 1 unspecified atom stereocenters. The molecule has 11 heteroatoms. The molecule has 36 heavy (non-hydrogen) atoms. The molecule has 2 aliphatic rings. The number of hydrogen-bond acceptors (Lipinski definition) is 9. The van der Waals surface area contributed by atoms with E-state index >= 15 is 0 Å². The van der Waals surface area contributed by atoms with Crippen molar-refractivity contribution >= 4 is 46.3 Å². The first kappa shape index (κ1) is 23.9. The first-order chi connectivity index (χ1) is 17.5. The summed E-state index contributed by atoms with van der Waals surface area (Å²) in [5.41, 5.74) is 7.71. The van der Waals surface area contributed by atoms with Crippen LogP contribution in [-0.2, 0) is 4.84 Å². The first-order valence-corrected chi connectivity index (χ1v) is 12.0. The molecule has 0 bridgehead atoms. The number of carbonyl (C=O) groups is 1. The third-order valence-corrected chi connectivity index (χ3v) is 6.25. The van der Waals surface area contributed by atoms with Gasteiger partial charge in [-0.2, -0.15) is 4.98 Å². The van der Waals surface area contributed by atoms with Gasteiger partial charge in [0.15, 0.2) is 11.5 Å². The summed E-state index contributed by atoms with van der Waals surface area (Å²) in [5, 5.41) is 11.9. The van der Waals surface area contributed by atoms with Gasteiger partial charge in [-0.3, -0.25) is 15.1 Å². The summed E-state index contributed by atoms with van der Waals surface area (Å²) >= 11 is 6.34. The molecule has 10 nitrogen and oxygen atoms in total. The quantitative estimate of drug-likeness (QED) is 0.266. The molecule has 0 spiro atoms. The second-order valence-corrected chi connectivity index (χ2v) is 9.01. The molecule has 5 rings (SSSR count). The average Bonchev–Trinajstić information content (AvgIpc) is 3.65. The molecule has 2 heterocycles. The maximum Gasteiger partial charge on any atom is 0.276 e. The smallest absolute Gasteiger partial charge is 0.276 e. The van der Waals surface area contributed by atoms with E-state index in [2.05, 4.69) is 47.9 Å². The molecule has 5 N–H and O–H groups in total. The highest BCUT2D eigenvalue weighted by molar-refractivity contribution is 6.33. The molecule has 3 aromatic rings. The Morgan fingerprint density at radius 1 is 1.08 bits per heavy atom. The summed E-state index contributed by atoms with van der Waals surface area (Å²) in [6, 6.07) is 16.7. The highest BCUT2D eigenvalue weighted by atomic mass is 35.5. The van der Waals surface area contributed by atoms with Crippen molar-refractivity contribution in [2.45, 2.75) is 18.9 Å². The summed E-state index contributed by atoms with van der Waals surface area (Å²) in [7, 11) is 3.47. The maximum absolute atomic E-state index is 13.4. The van der Waals surface area contributed by atoms with Crippen LogP contribution in [0.1, 0.15) is 23.3 Å². The van der Waals surface area contributed by atoms with Crippen LogP contribution in [0.25, 0.3) is 0 Å². The number of anilines is 5. The van der Waals surface area contributed by atoms with E-state index in [-0.39, 0.29) is 23.4 Å². The average molecular weight is 507 g/mol. The predicted molar refractivity (Wildman–Crippen MR) is 141 cm³/mol. The van der Waals surface area contributed by atoms with Gasteiger partial charge in [0.25, 0.3) is 5.91 Å². The topological polar surface area (TPSA) is 115 Å². The van der Waals surface area contributed by atoms with Gasteiger partial charge in [0, 0.05) is 12.7 Å². The molecule has 1 aliphatic heterocycles. The molecule has 1 saturated carbocycles. The minimum Gasteiger partial charge on any atom is -0.324 e. The Kier molecular flexibility index (Phi) is 6.90. The molecular weight excluding hydrogens is 480 g/mol. The summed E-state index contributed by atoms with van der Waals surface area (Å²) in [6.45, 7) is 0. The molecule has 0 saturated heterocycles. The van der Waals surface area contributed by atoms with Gasteiger partial charge in [0.05, 0.1) is 23.9 Å². The lowest BCUT2D eigenvalue weighted by atomic mass is 10.2. The van der Waals surface area contributed by atoms with Gasteiger partial charge in [-0.15, -0.1) is 0 Å². The molecule has 2 aromatic carbocycles. The van der Waals surface area contributed by atoms with Crippen molar-refractivity contribution in [3.8, 4) is 0 Å². The van der Waals surface area contributed by atoms with Crippen molar-refractivity contribution in [2.75, 3.05) is 35.6 Å². The molecule has 1 amide bonds. The number of hydrogen-bond donors (Lipinski definition) is 5. The SMILES string of the molecule is CONc1c(NC2=CC(C3CC3)N(C)N2)nc(Nc2ccccc2Cl)nc1C(=O)Nc1ccccc1. The number of carbonyl (C=O) groups excluding carboxylic acids is 1. The monoisotopic (exact) mass is 506 g/mol. The lowest BCUT2D eigenvalue weighted by Gasteiger charge is -2.20. The van der Waals surface area contributed by atoms with Crippen molar-refractivity contribution < 1.29 is 9.63 Å². The largest absolute Gasteiger partial charge is 0.324 e. The third-order valence-electron chi connectivity index (χ3n) is 5.92. The van der Waals surface area contributed by atoms with Crippen LogP contribution in [0.4, 0.5) is 28.8 Å². The van der Waals surface area contributed by atoms with Gasteiger partial charge in [-0.25, -0.2) is 9.99 Å². The number of amides is 1. The van der Waals surface area contributed by atoms with Gasteiger partial charge in [-0.1, -0.05) is 41.9 Å². The van der Waals surface area contributed by atoms with Crippen LogP contribution in [0.3, 0.4) is 0 Å². The zero-order valence-electron chi connectivity index (χ0n) is 19.9. The summed E-state index contributed by atoms with van der Waals surface area (Å²) in [5.74, 6) is 1.49. The number of nitrogens with zero attached hydrogens (tertiary/aromatic N) is 3. The van der Waals surface area contributed by atoms with E-state index in [1.807, 2.05) is 37.4 Å².